The number of thiophene rings is 1. The molecule has 1 heterocycles. The van der Waals surface area contributed by atoms with E-state index in [-0.39, 0.29) is 11.3 Å². The molecule has 0 radical (unpaired) electrons. The topological polar surface area (TPSA) is 75.6 Å². The molecular weight excluding hydrogens is 475 g/mol. The molecule has 1 amide bonds. The number of hydrogen-bond donors (Lipinski definition) is 2. The maximum atomic E-state index is 14.3. The van der Waals surface area contributed by atoms with Gasteiger partial charge in [-0.1, -0.05) is 28.1 Å². The highest BCUT2D eigenvalue weighted by Gasteiger charge is 2.26. The van der Waals surface area contributed by atoms with Crippen LogP contribution in [0.25, 0.3) is 10.4 Å². The lowest BCUT2D eigenvalue weighted by Crippen LogP contribution is -2.17. The average molecular weight is 486 g/mol. The number of carboxylic acid groups (broad SMARTS) is 1. The monoisotopic (exact) mass is 485 g/mol. The second-order valence-corrected chi connectivity index (χ2v) is 7.48. The molecule has 3 rings (SSSR count). The minimum Gasteiger partial charge on any atom is -0.491 e. The van der Waals surface area contributed by atoms with Gasteiger partial charge in [0.2, 0.25) is 5.82 Å². The summed E-state index contributed by atoms with van der Waals surface area (Å²) in [5.41, 5.74) is -0.542. The normalized spacial score (nSPS) is 10.7. The van der Waals surface area contributed by atoms with E-state index in [1.807, 2.05) is 0 Å². The van der Waals surface area contributed by atoms with Crippen molar-refractivity contribution in [3.8, 4) is 16.2 Å². The second kappa shape index (κ2) is 8.26. The molecule has 150 valence electrons. The lowest BCUT2D eigenvalue weighted by molar-refractivity contribution is 0.0699. The fraction of sp³-hybridized carbons (Fsp3) is 0.0526. The molecule has 2 aromatic carbocycles. The number of rotatable bonds is 5. The Morgan fingerprint density at radius 2 is 1.79 bits per heavy atom. The van der Waals surface area contributed by atoms with Crippen LogP contribution >= 0.6 is 27.3 Å². The lowest BCUT2D eigenvalue weighted by atomic mass is 10.1. The van der Waals surface area contributed by atoms with E-state index >= 15 is 0 Å². The van der Waals surface area contributed by atoms with Crippen LogP contribution in [0.1, 0.15) is 20.7 Å². The second-order valence-electron chi connectivity index (χ2n) is 5.69. The summed E-state index contributed by atoms with van der Waals surface area (Å²) < 4.78 is 46.8. The van der Waals surface area contributed by atoms with Crippen LogP contribution in [0.5, 0.6) is 5.75 Å². The Balaban J connectivity index is 2.01. The number of hydrogen-bond acceptors (Lipinski definition) is 4. The first-order valence-electron chi connectivity index (χ1n) is 7.88. The molecule has 0 aliphatic carbocycles. The van der Waals surface area contributed by atoms with Crippen LogP contribution in [0.4, 0.5) is 18.9 Å². The van der Waals surface area contributed by atoms with E-state index in [0.717, 1.165) is 22.9 Å². The molecular formula is C19H11BrF3NO4S. The first-order chi connectivity index (χ1) is 13.7. The minimum absolute atomic E-state index is 0.103. The van der Waals surface area contributed by atoms with Crippen LogP contribution in [-0.2, 0) is 0 Å². The number of benzene rings is 2. The van der Waals surface area contributed by atoms with Gasteiger partial charge >= 0.3 is 5.97 Å². The van der Waals surface area contributed by atoms with Gasteiger partial charge in [-0.3, -0.25) is 4.79 Å². The quantitative estimate of drug-likeness (QED) is 0.464. The molecule has 0 atom stereocenters. The third kappa shape index (κ3) is 3.99. The third-order valence-electron chi connectivity index (χ3n) is 3.92. The van der Waals surface area contributed by atoms with Gasteiger partial charge in [-0.25, -0.2) is 13.6 Å². The Morgan fingerprint density at radius 1 is 1.14 bits per heavy atom. The predicted molar refractivity (Wildman–Crippen MR) is 105 cm³/mol. The zero-order valence-electron chi connectivity index (χ0n) is 14.6. The number of amides is 1. The smallest absolute Gasteiger partial charge is 0.339 e. The van der Waals surface area contributed by atoms with Crippen LogP contribution in [0.3, 0.4) is 0 Å². The van der Waals surface area contributed by atoms with Crippen molar-refractivity contribution < 1.29 is 32.6 Å². The highest BCUT2D eigenvalue weighted by atomic mass is 79.9. The van der Waals surface area contributed by atoms with Gasteiger partial charge in [-0.15, -0.1) is 11.3 Å². The maximum absolute atomic E-state index is 14.3. The molecule has 0 spiro atoms. The van der Waals surface area contributed by atoms with E-state index in [1.165, 1.54) is 5.38 Å². The van der Waals surface area contributed by atoms with Gasteiger partial charge in [0.25, 0.3) is 5.91 Å². The van der Waals surface area contributed by atoms with Gasteiger partial charge in [0.05, 0.1) is 23.2 Å². The number of carboxylic acids is 1. The van der Waals surface area contributed by atoms with E-state index in [4.69, 9.17) is 0 Å². The summed E-state index contributed by atoms with van der Waals surface area (Å²) in [6, 6.07) is 7.20. The molecule has 1 aromatic heterocycles. The number of halogens is 4. The van der Waals surface area contributed by atoms with E-state index < -0.39 is 40.6 Å². The number of ether oxygens (including phenoxy) is 1. The van der Waals surface area contributed by atoms with E-state index in [2.05, 4.69) is 26.0 Å². The first-order valence-corrected chi connectivity index (χ1v) is 9.55. The van der Waals surface area contributed by atoms with Gasteiger partial charge < -0.3 is 15.2 Å². The van der Waals surface area contributed by atoms with Crippen LogP contribution in [0.15, 0.2) is 40.2 Å². The Morgan fingerprint density at radius 3 is 2.38 bits per heavy atom. The molecule has 5 nitrogen and oxygen atoms in total. The van der Waals surface area contributed by atoms with Gasteiger partial charge in [0.15, 0.2) is 17.4 Å². The zero-order chi connectivity index (χ0) is 21.3. The summed E-state index contributed by atoms with van der Waals surface area (Å²) >= 11 is 4.34. The minimum atomic E-state index is -1.57. The van der Waals surface area contributed by atoms with Crippen molar-refractivity contribution in [3.05, 3.63) is 68.8 Å². The lowest BCUT2D eigenvalue weighted by Gasteiger charge is -2.10. The van der Waals surface area contributed by atoms with Crippen LogP contribution in [0, 0.1) is 17.5 Å². The van der Waals surface area contributed by atoms with Crippen LogP contribution in [-0.4, -0.2) is 24.1 Å². The molecule has 29 heavy (non-hydrogen) atoms. The van der Waals surface area contributed by atoms with Gasteiger partial charge in [0, 0.05) is 9.85 Å². The fourth-order valence-electron chi connectivity index (χ4n) is 2.59. The SMILES string of the molecule is COc1c(F)c(F)cc(C(=O)Nc2csc(-c3ccc(Br)cc3)c2C(=O)O)c1F. The summed E-state index contributed by atoms with van der Waals surface area (Å²) in [5, 5.41) is 13.2. The van der Waals surface area contributed by atoms with Gasteiger partial charge in [-0.05, 0) is 23.8 Å². The summed E-state index contributed by atoms with van der Waals surface area (Å²) in [7, 11) is 0.925. The predicted octanol–water partition coefficient (Wildman–Crippen LogP) is 5.55. The molecule has 0 aliphatic rings. The van der Waals surface area contributed by atoms with Gasteiger partial charge in [0.1, 0.15) is 5.56 Å². The van der Waals surface area contributed by atoms with Crippen molar-refractivity contribution in [1.82, 2.24) is 0 Å². The molecule has 0 unspecified atom stereocenters. The van der Waals surface area contributed by atoms with Crippen molar-refractivity contribution in [2.24, 2.45) is 0 Å². The Hall–Kier alpha value is -2.85. The molecule has 0 aliphatic heterocycles. The fourth-order valence-corrected chi connectivity index (χ4v) is 3.85. The van der Waals surface area contributed by atoms with Crippen LogP contribution < -0.4 is 10.1 Å². The highest BCUT2D eigenvalue weighted by Crippen LogP contribution is 2.37. The Kier molecular flexibility index (Phi) is 5.94. The third-order valence-corrected chi connectivity index (χ3v) is 5.48. The average Bonchev–Trinajstić information content (AvgIpc) is 3.09. The number of carbonyl (C=O) groups excluding carboxylic acids is 1. The Labute approximate surface area is 174 Å². The molecule has 0 bridgehead atoms. The summed E-state index contributed by atoms with van der Waals surface area (Å²) in [5.74, 6) is -7.96. The molecule has 0 fully saturated rings. The molecule has 0 saturated carbocycles. The summed E-state index contributed by atoms with van der Waals surface area (Å²) in [6.45, 7) is 0. The molecule has 0 saturated heterocycles. The standard InChI is InChI=1S/C19H11BrF3NO4S/c1-28-16-14(22)10(6-11(21)15(16)23)18(25)24-12-7-29-17(13(12)19(26)27)8-2-4-9(20)5-3-8/h2-7H,1H3,(H,24,25)(H,26,27). The van der Waals surface area contributed by atoms with E-state index in [1.54, 1.807) is 24.3 Å². The van der Waals surface area contributed by atoms with Crippen molar-refractivity contribution in [2.45, 2.75) is 0 Å². The van der Waals surface area contributed by atoms with E-state index in [9.17, 15) is 27.9 Å². The van der Waals surface area contributed by atoms with Crippen molar-refractivity contribution in [2.75, 3.05) is 12.4 Å². The molecule has 10 heteroatoms. The largest absolute Gasteiger partial charge is 0.491 e. The number of aromatic carboxylic acids is 1. The Bertz CT molecular complexity index is 1120. The van der Waals surface area contributed by atoms with E-state index in [0.29, 0.717) is 16.5 Å². The molecule has 3 aromatic rings. The maximum Gasteiger partial charge on any atom is 0.339 e. The summed E-state index contributed by atoms with van der Waals surface area (Å²) in [6.07, 6.45) is 0. The van der Waals surface area contributed by atoms with Gasteiger partial charge in [-0.2, -0.15) is 4.39 Å². The first kappa shape index (κ1) is 20.9. The van der Waals surface area contributed by atoms with Crippen molar-refractivity contribution >= 4 is 44.8 Å². The number of nitrogens with one attached hydrogen (secondary N) is 1. The summed E-state index contributed by atoms with van der Waals surface area (Å²) in [4.78, 5) is 24.6. The number of anilines is 1. The van der Waals surface area contributed by atoms with Crippen molar-refractivity contribution in [1.29, 1.82) is 0 Å². The van der Waals surface area contributed by atoms with Crippen molar-refractivity contribution in [3.63, 3.8) is 0 Å². The highest BCUT2D eigenvalue weighted by molar-refractivity contribution is 9.10. The molecule has 2 N–H and O–H groups in total. The number of methoxy groups -OCH3 is 1. The number of carbonyl (C=O) groups is 2. The zero-order valence-corrected chi connectivity index (χ0v) is 17.0. The van der Waals surface area contributed by atoms with Crippen LogP contribution in [0.2, 0.25) is 0 Å².